The lowest BCUT2D eigenvalue weighted by molar-refractivity contribution is -0.137. The van der Waals surface area contributed by atoms with Gasteiger partial charge in [-0.25, -0.2) is 9.67 Å². The SMILES string of the molecule is CC(C)Oc1ccc(C(=O)NCCn2ncc3c(=O)n(Cc4cccc(C(F)(F)F)c4)cnc32)cc1. The number of halogens is 3. The summed E-state index contributed by atoms with van der Waals surface area (Å²) in [6.07, 6.45) is -1.79. The highest BCUT2D eigenvalue weighted by molar-refractivity contribution is 5.94. The highest BCUT2D eigenvalue weighted by atomic mass is 19.4. The molecule has 188 valence electrons. The van der Waals surface area contributed by atoms with Crippen LogP contribution in [-0.2, 0) is 19.3 Å². The summed E-state index contributed by atoms with van der Waals surface area (Å²) >= 11 is 0. The van der Waals surface area contributed by atoms with Crippen molar-refractivity contribution in [3.8, 4) is 5.75 Å². The molecule has 0 aliphatic rings. The van der Waals surface area contributed by atoms with E-state index in [2.05, 4.69) is 15.4 Å². The fourth-order valence-electron chi connectivity index (χ4n) is 3.65. The van der Waals surface area contributed by atoms with E-state index in [0.717, 1.165) is 12.1 Å². The largest absolute Gasteiger partial charge is 0.491 e. The van der Waals surface area contributed by atoms with Crippen molar-refractivity contribution in [2.75, 3.05) is 6.54 Å². The van der Waals surface area contributed by atoms with Gasteiger partial charge in [0.05, 0.1) is 31.0 Å². The molecule has 2 aromatic carbocycles. The van der Waals surface area contributed by atoms with Crippen molar-refractivity contribution in [3.05, 3.63) is 88.1 Å². The number of rotatable bonds is 8. The number of aromatic nitrogens is 4. The predicted octanol–water partition coefficient (Wildman–Crippen LogP) is 3.88. The Bertz CT molecular complexity index is 1430. The van der Waals surface area contributed by atoms with Crippen LogP contribution in [0.2, 0.25) is 0 Å². The molecule has 0 aliphatic carbocycles. The molecule has 36 heavy (non-hydrogen) atoms. The van der Waals surface area contributed by atoms with Gasteiger partial charge in [0.25, 0.3) is 11.5 Å². The minimum atomic E-state index is -4.47. The Morgan fingerprint density at radius 3 is 2.58 bits per heavy atom. The molecule has 0 spiro atoms. The maximum absolute atomic E-state index is 13.0. The number of hydrogen-bond donors (Lipinski definition) is 1. The molecule has 0 atom stereocenters. The molecule has 2 aromatic heterocycles. The van der Waals surface area contributed by atoms with E-state index in [1.807, 2.05) is 13.8 Å². The number of carbonyl (C=O) groups is 1. The zero-order valence-electron chi connectivity index (χ0n) is 19.6. The third kappa shape index (κ3) is 5.73. The van der Waals surface area contributed by atoms with Crippen LogP contribution in [0.1, 0.15) is 35.3 Å². The standard InChI is InChI=1S/C25H24F3N5O3/c1-16(2)36-20-8-6-18(7-9-20)23(34)29-10-11-33-22-21(13-31-33)24(35)32(15-30-22)14-17-4-3-5-19(12-17)25(26,27)28/h3-9,12-13,15-16H,10-11,14H2,1-2H3,(H,29,34). The minimum absolute atomic E-state index is 0.0341. The van der Waals surface area contributed by atoms with E-state index < -0.39 is 17.3 Å². The van der Waals surface area contributed by atoms with Crippen LogP contribution in [0, 0.1) is 0 Å². The van der Waals surface area contributed by atoms with Crippen molar-refractivity contribution < 1.29 is 22.7 Å². The van der Waals surface area contributed by atoms with Gasteiger partial charge in [-0.05, 0) is 55.8 Å². The quantitative estimate of drug-likeness (QED) is 0.397. The molecule has 0 fully saturated rings. The third-order valence-electron chi connectivity index (χ3n) is 5.33. The molecule has 4 rings (SSSR count). The van der Waals surface area contributed by atoms with E-state index in [1.165, 1.54) is 33.9 Å². The number of ether oxygens (including phenoxy) is 1. The summed E-state index contributed by atoms with van der Waals surface area (Å²) < 4.78 is 47.2. The Morgan fingerprint density at radius 1 is 1.14 bits per heavy atom. The first-order valence-corrected chi connectivity index (χ1v) is 11.2. The van der Waals surface area contributed by atoms with Crippen LogP contribution < -0.4 is 15.6 Å². The Kier molecular flexibility index (Phi) is 7.09. The summed E-state index contributed by atoms with van der Waals surface area (Å²) in [6.45, 7) is 4.29. The predicted molar refractivity (Wildman–Crippen MR) is 127 cm³/mol. The van der Waals surface area contributed by atoms with Crippen molar-refractivity contribution in [1.29, 1.82) is 0 Å². The van der Waals surface area contributed by atoms with Crippen LogP contribution in [0.5, 0.6) is 5.75 Å². The van der Waals surface area contributed by atoms with Gasteiger partial charge in [0.2, 0.25) is 0 Å². The Balaban J connectivity index is 1.41. The second-order valence-electron chi connectivity index (χ2n) is 8.43. The maximum Gasteiger partial charge on any atom is 0.416 e. The molecule has 1 amide bonds. The number of carbonyl (C=O) groups excluding carboxylic acids is 1. The van der Waals surface area contributed by atoms with Crippen molar-refractivity contribution in [2.45, 2.75) is 39.2 Å². The van der Waals surface area contributed by atoms with E-state index in [9.17, 15) is 22.8 Å². The molecule has 0 aliphatic heterocycles. The Labute approximate surface area is 204 Å². The lowest BCUT2D eigenvalue weighted by Gasteiger charge is -2.11. The summed E-state index contributed by atoms with van der Waals surface area (Å²) in [6, 6.07) is 11.6. The molecule has 8 nitrogen and oxygen atoms in total. The summed E-state index contributed by atoms with van der Waals surface area (Å²) in [5, 5.41) is 7.21. The second-order valence-corrected chi connectivity index (χ2v) is 8.43. The highest BCUT2D eigenvalue weighted by Crippen LogP contribution is 2.29. The molecule has 0 bridgehead atoms. The van der Waals surface area contributed by atoms with Crippen molar-refractivity contribution in [1.82, 2.24) is 24.6 Å². The van der Waals surface area contributed by atoms with Gasteiger partial charge in [0, 0.05) is 12.1 Å². The number of fused-ring (bicyclic) bond motifs is 1. The average Bonchev–Trinajstić information content (AvgIpc) is 3.24. The van der Waals surface area contributed by atoms with Crippen LogP contribution in [0.4, 0.5) is 13.2 Å². The molecule has 0 unspecified atom stereocenters. The van der Waals surface area contributed by atoms with Crippen LogP contribution >= 0.6 is 0 Å². The van der Waals surface area contributed by atoms with Gasteiger partial charge in [-0.3, -0.25) is 14.2 Å². The first kappa shape index (κ1) is 25.0. The minimum Gasteiger partial charge on any atom is -0.491 e. The Hall–Kier alpha value is -4.15. The van der Waals surface area contributed by atoms with Gasteiger partial charge in [-0.1, -0.05) is 12.1 Å². The van der Waals surface area contributed by atoms with E-state index in [-0.39, 0.29) is 37.0 Å². The normalized spacial score (nSPS) is 11.7. The van der Waals surface area contributed by atoms with Gasteiger partial charge < -0.3 is 10.1 Å². The molecule has 2 heterocycles. The number of hydrogen-bond acceptors (Lipinski definition) is 5. The smallest absolute Gasteiger partial charge is 0.416 e. The van der Waals surface area contributed by atoms with Gasteiger partial charge in [-0.15, -0.1) is 0 Å². The summed E-state index contributed by atoms with van der Waals surface area (Å²) in [5.41, 5.74) is -0.0723. The van der Waals surface area contributed by atoms with Crippen molar-refractivity contribution >= 4 is 16.9 Å². The fourth-order valence-corrected chi connectivity index (χ4v) is 3.65. The van der Waals surface area contributed by atoms with Crippen LogP contribution in [-0.4, -0.2) is 37.9 Å². The number of nitrogens with zero attached hydrogens (tertiary/aromatic N) is 4. The van der Waals surface area contributed by atoms with E-state index in [1.54, 1.807) is 24.3 Å². The topological polar surface area (TPSA) is 91.0 Å². The van der Waals surface area contributed by atoms with Crippen LogP contribution in [0.25, 0.3) is 11.0 Å². The number of amides is 1. The monoisotopic (exact) mass is 499 g/mol. The van der Waals surface area contributed by atoms with E-state index >= 15 is 0 Å². The molecule has 11 heteroatoms. The summed E-state index contributed by atoms with van der Waals surface area (Å²) in [5.74, 6) is 0.410. The lowest BCUT2D eigenvalue weighted by Crippen LogP contribution is -2.27. The molecule has 0 saturated heterocycles. The van der Waals surface area contributed by atoms with Crippen molar-refractivity contribution in [3.63, 3.8) is 0 Å². The molecular weight excluding hydrogens is 475 g/mol. The fraction of sp³-hybridized carbons (Fsp3) is 0.280. The lowest BCUT2D eigenvalue weighted by atomic mass is 10.1. The zero-order chi connectivity index (χ0) is 25.9. The second kappa shape index (κ2) is 10.2. The summed E-state index contributed by atoms with van der Waals surface area (Å²) in [4.78, 5) is 29.5. The zero-order valence-corrected chi connectivity index (χ0v) is 19.6. The third-order valence-corrected chi connectivity index (χ3v) is 5.33. The molecular formula is C25H24F3N5O3. The molecule has 0 saturated carbocycles. The number of nitrogens with one attached hydrogen (secondary N) is 1. The van der Waals surface area contributed by atoms with Crippen molar-refractivity contribution in [2.24, 2.45) is 0 Å². The average molecular weight is 499 g/mol. The number of benzene rings is 2. The van der Waals surface area contributed by atoms with Gasteiger partial charge in [-0.2, -0.15) is 18.3 Å². The molecule has 4 aromatic rings. The van der Waals surface area contributed by atoms with Gasteiger partial charge >= 0.3 is 6.18 Å². The number of alkyl halides is 3. The van der Waals surface area contributed by atoms with Crippen LogP contribution in [0.3, 0.4) is 0 Å². The summed E-state index contributed by atoms with van der Waals surface area (Å²) in [7, 11) is 0. The highest BCUT2D eigenvalue weighted by Gasteiger charge is 2.30. The van der Waals surface area contributed by atoms with Gasteiger partial charge in [0.1, 0.15) is 17.5 Å². The first-order chi connectivity index (χ1) is 17.1. The Morgan fingerprint density at radius 2 is 1.89 bits per heavy atom. The first-order valence-electron chi connectivity index (χ1n) is 11.2. The van der Waals surface area contributed by atoms with Gasteiger partial charge in [0.15, 0.2) is 5.65 Å². The molecule has 0 radical (unpaired) electrons. The van der Waals surface area contributed by atoms with Crippen LogP contribution in [0.15, 0.2) is 65.8 Å². The molecule has 1 N–H and O–H groups in total. The van der Waals surface area contributed by atoms with E-state index in [0.29, 0.717) is 22.5 Å². The maximum atomic E-state index is 13.0. The van der Waals surface area contributed by atoms with E-state index in [4.69, 9.17) is 4.74 Å².